The summed E-state index contributed by atoms with van der Waals surface area (Å²) >= 11 is 0. The van der Waals surface area contributed by atoms with Gasteiger partial charge in [0.2, 0.25) is 0 Å². The number of rotatable bonds is 8. The van der Waals surface area contributed by atoms with Crippen molar-refractivity contribution >= 4 is 77.6 Å². The molecular weight excluding hydrogens is 933 g/mol. The summed E-state index contributed by atoms with van der Waals surface area (Å²) in [7, 11) is 0. The molecule has 2 aliphatic carbocycles. The van der Waals surface area contributed by atoms with E-state index in [0.717, 1.165) is 66.8 Å². The number of furan rings is 1. The fourth-order valence-corrected chi connectivity index (χ4v) is 13.1. The van der Waals surface area contributed by atoms with Crippen molar-refractivity contribution in [3.63, 3.8) is 0 Å². The van der Waals surface area contributed by atoms with Gasteiger partial charge in [-0.15, -0.1) is 0 Å². The second-order valence-corrected chi connectivity index (χ2v) is 22.1. The number of nitrogens with zero attached hydrogens (tertiary/aromatic N) is 2. The molecule has 15 rings (SSSR count). The van der Waals surface area contributed by atoms with E-state index in [1.165, 1.54) is 77.5 Å². The largest absolute Gasteiger partial charge is 0.455 e. The van der Waals surface area contributed by atoms with E-state index in [0.29, 0.717) is 0 Å². The molecule has 0 amide bonds. The van der Waals surface area contributed by atoms with Crippen molar-refractivity contribution < 1.29 is 4.42 Å². The van der Waals surface area contributed by atoms with E-state index >= 15 is 0 Å². The molecule has 0 saturated heterocycles. The molecule has 0 bridgehead atoms. The van der Waals surface area contributed by atoms with Crippen LogP contribution in [0.25, 0.3) is 88.0 Å². The first kappa shape index (κ1) is 45.0. The second-order valence-electron chi connectivity index (χ2n) is 22.1. The molecule has 0 unspecified atom stereocenters. The molecular formula is C74H54N2O. The van der Waals surface area contributed by atoms with E-state index < -0.39 is 0 Å². The van der Waals surface area contributed by atoms with Crippen molar-refractivity contribution in [2.45, 2.75) is 38.5 Å². The lowest BCUT2D eigenvalue weighted by Crippen LogP contribution is -2.16. The number of hydrogen-bond donors (Lipinski definition) is 0. The third-order valence-corrected chi connectivity index (χ3v) is 17.0. The van der Waals surface area contributed by atoms with Crippen LogP contribution in [-0.4, -0.2) is 0 Å². The zero-order valence-corrected chi connectivity index (χ0v) is 43.6. The fraction of sp³-hybridized carbons (Fsp3) is 0.0811. The molecule has 0 spiro atoms. The van der Waals surface area contributed by atoms with Gasteiger partial charge in [0.05, 0.1) is 0 Å². The van der Waals surface area contributed by atoms with Crippen LogP contribution in [0.4, 0.5) is 34.1 Å². The standard InChI is InChI=1S/C74H54N2O/c1-73(2)66-25-15-13-22-58(66)60-39-35-54(44-68(60)73)75(51-31-27-49(28-32-51)47-17-7-5-8-18-47)53-37-41-63-65(43-53)57-21-11-12-24-62(57)71-64-42-38-56(46-70(64)77-72(63)71)76(52-33-29-50(30-34-52)48-19-9-6-10-20-48)55-36-40-61-59-23-14-16-26-67(59)74(3,4)69(61)45-55/h5-46H,1-4H3. The van der Waals surface area contributed by atoms with E-state index in [4.69, 9.17) is 4.42 Å². The van der Waals surface area contributed by atoms with E-state index in [1.54, 1.807) is 0 Å². The molecule has 0 fully saturated rings. The van der Waals surface area contributed by atoms with Crippen LogP contribution >= 0.6 is 0 Å². The van der Waals surface area contributed by atoms with Crippen LogP contribution < -0.4 is 9.80 Å². The number of anilines is 6. The van der Waals surface area contributed by atoms with E-state index in [9.17, 15) is 0 Å². The predicted molar refractivity (Wildman–Crippen MR) is 324 cm³/mol. The monoisotopic (exact) mass is 986 g/mol. The molecule has 366 valence electrons. The molecule has 0 radical (unpaired) electrons. The summed E-state index contributed by atoms with van der Waals surface area (Å²) in [5.41, 5.74) is 23.4. The molecule has 1 heterocycles. The lowest BCUT2D eigenvalue weighted by atomic mass is 9.82. The Balaban J connectivity index is 0.891. The quantitative estimate of drug-likeness (QED) is 0.141. The van der Waals surface area contributed by atoms with Crippen molar-refractivity contribution in [2.75, 3.05) is 9.80 Å². The highest BCUT2D eigenvalue weighted by Gasteiger charge is 2.37. The average Bonchev–Trinajstić information content (AvgIpc) is 4.11. The van der Waals surface area contributed by atoms with Crippen LogP contribution in [0.2, 0.25) is 0 Å². The number of hydrogen-bond acceptors (Lipinski definition) is 3. The molecule has 0 aliphatic heterocycles. The van der Waals surface area contributed by atoms with Crippen LogP contribution in [0.5, 0.6) is 0 Å². The first-order chi connectivity index (χ1) is 37.7. The summed E-state index contributed by atoms with van der Waals surface area (Å²) < 4.78 is 7.25. The fourth-order valence-electron chi connectivity index (χ4n) is 13.1. The third-order valence-electron chi connectivity index (χ3n) is 17.0. The first-order valence-electron chi connectivity index (χ1n) is 26.9. The molecule has 13 aromatic rings. The van der Waals surface area contributed by atoms with Gasteiger partial charge in [0.25, 0.3) is 0 Å². The van der Waals surface area contributed by atoms with Gasteiger partial charge >= 0.3 is 0 Å². The lowest BCUT2D eigenvalue weighted by molar-refractivity contribution is 0.660. The Morgan fingerprint density at radius 3 is 1.19 bits per heavy atom. The molecule has 2 aliphatic rings. The van der Waals surface area contributed by atoms with Gasteiger partial charge in [-0.25, -0.2) is 0 Å². The van der Waals surface area contributed by atoms with Crippen molar-refractivity contribution in [1.29, 1.82) is 0 Å². The van der Waals surface area contributed by atoms with Crippen LogP contribution in [0.15, 0.2) is 259 Å². The summed E-state index contributed by atoms with van der Waals surface area (Å²) in [5, 5.41) is 6.81. The van der Waals surface area contributed by atoms with E-state index in [1.807, 2.05) is 0 Å². The predicted octanol–water partition coefficient (Wildman–Crippen LogP) is 20.8. The molecule has 0 saturated carbocycles. The van der Waals surface area contributed by atoms with E-state index in [2.05, 4.69) is 292 Å². The van der Waals surface area contributed by atoms with Gasteiger partial charge in [-0.05, 0) is 162 Å². The molecule has 1 aromatic heterocycles. The summed E-state index contributed by atoms with van der Waals surface area (Å²) in [6.45, 7) is 9.42. The van der Waals surface area contributed by atoms with Crippen molar-refractivity contribution in [3.05, 3.63) is 277 Å². The topological polar surface area (TPSA) is 19.6 Å². The van der Waals surface area contributed by atoms with Gasteiger partial charge < -0.3 is 14.2 Å². The number of benzene rings is 12. The van der Waals surface area contributed by atoms with Crippen molar-refractivity contribution in [3.8, 4) is 44.5 Å². The normalized spacial score (nSPS) is 13.7. The summed E-state index contributed by atoms with van der Waals surface area (Å²) in [5.74, 6) is 0. The molecule has 0 atom stereocenters. The maximum atomic E-state index is 7.25. The zero-order chi connectivity index (χ0) is 51.6. The van der Waals surface area contributed by atoms with Crippen molar-refractivity contribution in [1.82, 2.24) is 0 Å². The Hall–Kier alpha value is -9.44. The van der Waals surface area contributed by atoms with Crippen LogP contribution in [0.1, 0.15) is 49.9 Å². The smallest absolute Gasteiger partial charge is 0.143 e. The molecule has 77 heavy (non-hydrogen) atoms. The Morgan fingerprint density at radius 2 is 0.662 bits per heavy atom. The SMILES string of the molecule is CC1(C)c2ccccc2-c2ccc(N(c3ccc(-c4ccccc4)cc3)c3ccc4c(c3)oc3c5ccc(N(c6ccc(-c7ccccc7)cc6)c6ccc7c(c6)C(C)(C)c6ccccc6-7)cc5c5ccccc5c43)cc21. The highest BCUT2D eigenvalue weighted by Crippen LogP contribution is 2.53. The second kappa shape index (κ2) is 17.0. The Kier molecular flexibility index (Phi) is 9.96. The molecule has 3 heteroatoms. The van der Waals surface area contributed by atoms with Gasteiger partial charge in [-0.2, -0.15) is 0 Å². The third kappa shape index (κ3) is 6.97. The van der Waals surface area contributed by atoms with Crippen LogP contribution in [0, 0.1) is 0 Å². The summed E-state index contributed by atoms with van der Waals surface area (Å²) in [6.07, 6.45) is 0. The Morgan fingerprint density at radius 1 is 0.273 bits per heavy atom. The minimum atomic E-state index is -0.149. The highest BCUT2D eigenvalue weighted by molar-refractivity contribution is 6.30. The number of fused-ring (bicyclic) bond motifs is 14. The van der Waals surface area contributed by atoms with Gasteiger partial charge in [0, 0.05) is 67.2 Å². The average molecular weight is 987 g/mol. The maximum absolute atomic E-state index is 7.25. The van der Waals surface area contributed by atoms with Gasteiger partial charge in [0.1, 0.15) is 11.2 Å². The van der Waals surface area contributed by atoms with Gasteiger partial charge in [-0.3, -0.25) is 0 Å². The molecule has 3 nitrogen and oxygen atoms in total. The lowest BCUT2D eigenvalue weighted by Gasteiger charge is -2.28. The summed E-state index contributed by atoms with van der Waals surface area (Å²) in [6, 6.07) is 93.7. The first-order valence-corrected chi connectivity index (χ1v) is 26.9. The van der Waals surface area contributed by atoms with Crippen molar-refractivity contribution in [2.24, 2.45) is 0 Å². The minimum absolute atomic E-state index is 0.147. The summed E-state index contributed by atoms with van der Waals surface area (Å²) in [4.78, 5) is 4.82. The van der Waals surface area contributed by atoms with E-state index in [-0.39, 0.29) is 10.8 Å². The zero-order valence-electron chi connectivity index (χ0n) is 43.6. The molecule has 0 N–H and O–H groups in total. The minimum Gasteiger partial charge on any atom is -0.455 e. The van der Waals surface area contributed by atoms with Crippen LogP contribution in [-0.2, 0) is 10.8 Å². The van der Waals surface area contributed by atoms with Crippen LogP contribution in [0.3, 0.4) is 0 Å². The highest BCUT2D eigenvalue weighted by atomic mass is 16.3. The Bertz CT molecular complexity index is 4490. The Labute approximate surface area is 449 Å². The van der Waals surface area contributed by atoms with Gasteiger partial charge in [0.15, 0.2) is 0 Å². The molecule has 12 aromatic carbocycles. The maximum Gasteiger partial charge on any atom is 0.143 e. The van der Waals surface area contributed by atoms with Gasteiger partial charge in [-0.1, -0.05) is 198 Å².